The van der Waals surface area contributed by atoms with E-state index in [0.29, 0.717) is 12.4 Å². The van der Waals surface area contributed by atoms with Gasteiger partial charge in [-0.05, 0) is 26.0 Å². The second kappa shape index (κ2) is 5.31. The van der Waals surface area contributed by atoms with E-state index in [1.807, 2.05) is 6.92 Å². The first-order chi connectivity index (χ1) is 9.02. The molecule has 0 unspecified atom stereocenters. The lowest BCUT2D eigenvalue weighted by molar-refractivity contribution is 0.402. The van der Waals surface area contributed by atoms with Crippen LogP contribution in [0.3, 0.4) is 0 Å². The van der Waals surface area contributed by atoms with Crippen molar-refractivity contribution < 1.29 is 13.5 Å². The quantitative estimate of drug-likeness (QED) is 0.924. The van der Waals surface area contributed by atoms with Crippen LogP contribution >= 0.6 is 0 Å². The average molecular weight is 268 g/mol. The van der Waals surface area contributed by atoms with Crippen LogP contribution in [-0.2, 0) is 6.54 Å². The van der Waals surface area contributed by atoms with Crippen molar-refractivity contribution in [1.82, 2.24) is 14.8 Å². The van der Waals surface area contributed by atoms with E-state index in [2.05, 4.69) is 10.2 Å². The Bertz CT molecular complexity index is 583. The molecule has 0 aliphatic heterocycles. The number of halogens is 2. The van der Waals surface area contributed by atoms with Gasteiger partial charge in [0.1, 0.15) is 5.75 Å². The molecule has 7 heteroatoms. The van der Waals surface area contributed by atoms with Crippen molar-refractivity contribution in [3.05, 3.63) is 35.7 Å². The Labute approximate surface area is 109 Å². The molecule has 0 saturated heterocycles. The Morgan fingerprint density at radius 2 is 2.05 bits per heavy atom. The van der Waals surface area contributed by atoms with Crippen LogP contribution in [0.5, 0.6) is 11.8 Å². The molecule has 0 aliphatic carbocycles. The Balaban J connectivity index is 2.30. The number of rotatable bonds is 4. The standard InChI is InChI=1S/C12H14F2N4O/c1-3-18-11(7(2)15)16-17-12(18)19-8-4-5-9(13)10(14)6-8/h4-7H,3,15H2,1-2H3/t7-/m1/s1. The average Bonchev–Trinajstić information content (AvgIpc) is 2.76. The molecule has 2 rings (SSSR count). The van der Waals surface area contributed by atoms with E-state index in [-0.39, 0.29) is 17.8 Å². The van der Waals surface area contributed by atoms with Crippen LogP contribution in [0.1, 0.15) is 25.7 Å². The summed E-state index contributed by atoms with van der Waals surface area (Å²) in [5.74, 6) is -1.19. The zero-order chi connectivity index (χ0) is 14.0. The fourth-order valence-corrected chi connectivity index (χ4v) is 1.66. The highest BCUT2D eigenvalue weighted by Crippen LogP contribution is 2.23. The van der Waals surface area contributed by atoms with Crippen LogP contribution in [0, 0.1) is 11.6 Å². The fraction of sp³-hybridized carbons (Fsp3) is 0.333. The van der Waals surface area contributed by atoms with Crippen molar-refractivity contribution in [1.29, 1.82) is 0 Å². The molecule has 0 saturated carbocycles. The summed E-state index contributed by atoms with van der Waals surface area (Å²) in [5, 5.41) is 7.77. The molecule has 1 aromatic heterocycles. The van der Waals surface area contributed by atoms with Gasteiger partial charge in [-0.2, -0.15) is 0 Å². The van der Waals surface area contributed by atoms with Gasteiger partial charge in [0.15, 0.2) is 17.5 Å². The number of nitrogens with zero attached hydrogens (tertiary/aromatic N) is 3. The normalized spacial score (nSPS) is 12.5. The van der Waals surface area contributed by atoms with E-state index in [9.17, 15) is 8.78 Å². The monoisotopic (exact) mass is 268 g/mol. The minimum absolute atomic E-state index is 0.150. The van der Waals surface area contributed by atoms with Gasteiger partial charge in [-0.3, -0.25) is 4.57 Å². The summed E-state index contributed by atoms with van der Waals surface area (Å²) in [4.78, 5) is 0. The molecule has 0 bridgehead atoms. The molecule has 0 aliphatic rings. The molecule has 0 spiro atoms. The number of hydrogen-bond donors (Lipinski definition) is 1. The smallest absolute Gasteiger partial charge is 0.322 e. The summed E-state index contributed by atoms with van der Waals surface area (Å²) >= 11 is 0. The van der Waals surface area contributed by atoms with E-state index >= 15 is 0 Å². The van der Waals surface area contributed by atoms with Crippen LogP contribution in [0.25, 0.3) is 0 Å². The molecule has 5 nitrogen and oxygen atoms in total. The number of nitrogens with two attached hydrogens (primary N) is 1. The molecule has 2 N–H and O–H groups in total. The Hall–Kier alpha value is -2.02. The van der Waals surface area contributed by atoms with Crippen molar-refractivity contribution in [3.63, 3.8) is 0 Å². The molecule has 0 radical (unpaired) electrons. The maximum atomic E-state index is 13.1. The van der Waals surface area contributed by atoms with E-state index in [1.54, 1.807) is 11.5 Å². The fourth-order valence-electron chi connectivity index (χ4n) is 1.66. The Morgan fingerprint density at radius 3 is 2.63 bits per heavy atom. The van der Waals surface area contributed by atoms with Crippen LogP contribution in [-0.4, -0.2) is 14.8 Å². The molecule has 19 heavy (non-hydrogen) atoms. The minimum atomic E-state index is -0.979. The van der Waals surface area contributed by atoms with Crippen LogP contribution in [0.2, 0.25) is 0 Å². The minimum Gasteiger partial charge on any atom is -0.424 e. The van der Waals surface area contributed by atoms with Gasteiger partial charge in [-0.1, -0.05) is 5.10 Å². The van der Waals surface area contributed by atoms with E-state index in [1.165, 1.54) is 6.07 Å². The van der Waals surface area contributed by atoms with Gasteiger partial charge in [0, 0.05) is 12.6 Å². The van der Waals surface area contributed by atoms with Gasteiger partial charge < -0.3 is 10.5 Å². The lowest BCUT2D eigenvalue weighted by atomic mass is 10.3. The van der Waals surface area contributed by atoms with Crippen molar-refractivity contribution in [2.75, 3.05) is 0 Å². The molecule has 2 aromatic rings. The van der Waals surface area contributed by atoms with Gasteiger partial charge in [-0.15, -0.1) is 5.10 Å². The molecule has 1 heterocycles. The molecule has 1 atom stereocenters. The zero-order valence-corrected chi connectivity index (χ0v) is 10.6. The van der Waals surface area contributed by atoms with Gasteiger partial charge in [-0.25, -0.2) is 8.78 Å². The first kappa shape index (κ1) is 13.4. The Morgan fingerprint density at radius 1 is 1.32 bits per heavy atom. The second-order valence-corrected chi connectivity index (χ2v) is 4.05. The third kappa shape index (κ3) is 2.70. The Kier molecular flexibility index (Phi) is 3.75. The summed E-state index contributed by atoms with van der Waals surface area (Å²) < 4.78 is 33.0. The van der Waals surface area contributed by atoms with Gasteiger partial charge in [0.25, 0.3) is 0 Å². The summed E-state index contributed by atoms with van der Waals surface area (Å²) in [6, 6.07) is 3.16. The predicted octanol–water partition coefficient (Wildman–Crippen LogP) is 2.39. The number of aromatic nitrogens is 3. The summed E-state index contributed by atoms with van der Waals surface area (Å²) in [6.07, 6.45) is 0. The van der Waals surface area contributed by atoms with E-state index < -0.39 is 11.6 Å². The van der Waals surface area contributed by atoms with E-state index in [4.69, 9.17) is 10.5 Å². The second-order valence-electron chi connectivity index (χ2n) is 4.05. The van der Waals surface area contributed by atoms with Crippen molar-refractivity contribution >= 4 is 0 Å². The maximum absolute atomic E-state index is 13.1. The first-order valence-electron chi connectivity index (χ1n) is 5.84. The molecule has 102 valence electrons. The van der Waals surface area contributed by atoms with Crippen molar-refractivity contribution in [2.24, 2.45) is 5.73 Å². The predicted molar refractivity (Wildman–Crippen MR) is 64.7 cm³/mol. The third-order valence-corrected chi connectivity index (χ3v) is 2.57. The summed E-state index contributed by atoms with van der Waals surface area (Å²) in [5.41, 5.74) is 5.75. The zero-order valence-electron chi connectivity index (χ0n) is 10.6. The molecule has 0 fully saturated rings. The SMILES string of the molecule is CCn1c(Oc2ccc(F)c(F)c2)nnc1[C@@H](C)N. The summed E-state index contributed by atoms with van der Waals surface area (Å²) in [6.45, 7) is 4.22. The number of ether oxygens (including phenoxy) is 1. The topological polar surface area (TPSA) is 66.0 Å². The largest absolute Gasteiger partial charge is 0.424 e. The molecular formula is C12H14F2N4O. The molecule has 1 aromatic carbocycles. The number of benzene rings is 1. The highest BCUT2D eigenvalue weighted by molar-refractivity contribution is 5.26. The summed E-state index contributed by atoms with van der Waals surface area (Å²) in [7, 11) is 0. The lowest BCUT2D eigenvalue weighted by Crippen LogP contribution is -2.13. The highest BCUT2D eigenvalue weighted by atomic mass is 19.2. The van der Waals surface area contributed by atoms with E-state index in [0.717, 1.165) is 12.1 Å². The van der Waals surface area contributed by atoms with Gasteiger partial charge >= 0.3 is 6.01 Å². The first-order valence-corrected chi connectivity index (χ1v) is 5.84. The highest BCUT2D eigenvalue weighted by Gasteiger charge is 2.16. The maximum Gasteiger partial charge on any atom is 0.322 e. The van der Waals surface area contributed by atoms with Gasteiger partial charge in [0.05, 0.1) is 6.04 Å². The molecular weight excluding hydrogens is 254 g/mol. The molecule has 0 amide bonds. The van der Waals surface area contributed by atoms with Crippen molar-refractivity contribution in [2.45, 2.75) is 26.4 Å². The van der Waals surface area contributed by atoms with Crippen LogP contribution in [0.4, 0.5) is 8.78 Å². The number of hydrogen-bond acceptors (Lipinski definition) is 4. The van der Waals surface area contributed by atoms with Crippen molar-refractivity contribution in [3.8, 4) is 11.8 Å². The lowest BCUT2D eigenvalue weighted by Gasteiger charge is -2.10. The van der Waals surface area contributed by atoms with Crippen LogP contribution < -0.4 is 10.5 Å². The third-order valence-electron chi connectivity index (χ3n) is 2.57. The van der Waals surface area contributed by atoms with Gasteiger partial charge in [0.2, 0.25) is 0 Å². The van der Waals surface area contributed by atoms with Crippen LogP contribution in [0.15, 0.2) is 18.2 Å².